The van der Waals surface area contributed by atoms with Crippen molar-refractivity contribution in [2.24, 2.45) is 10.8 Å². The number of aliphatic hydroxyl groups is 2. The summed E-state index contributed by atoms with van der Waals surface area (Å²) < 4.78 is 9.74. The Labute approximate surface area is 117 Å². The summed E-state index contributed by atoms with van der Waals surface area (Å²) in [6.07, 6.45) is 1.46. The lowest BCUT2D eigenvalue weighted by molar-refractivity contribution is -0.262. The Hall–Kier alpha value is -1.14. The molecule has 0 saturated heterocycles. The quantitative estimate of drug-likeness (QED) is 0.701. The molecule has 4 aliphatic carbocycles. The molecule has 0 heterocycles. The van der Waals surface area contributed by atoms with E-state index in [1.807, 2.05) is 0 Å². The molecular formula is C14H20O6. The molecule has 0 aromatic rings. The third-order valence-electron chi connectivity index (χ3n) is 5.24. The summed E-state index contributed by atoms with van der Waals surface area (Å²) in [5.74, 6) is -0.913. The van der Waals surface area contributed by atoms with Crippen molar-refractivity contribution >= 4 is 11.9 Å². The maximum Gasteiger partial charge on any atom is 0.312 e. The average molecular weight is 284 g/mol. The summed E-state index contributed by atoms with van der Waals surface area (Å²) >= 11 is 0. The molecule has 4 saturated carbocycles. The Balaban J connectivity index is 2.10. The fraction of sp³-hybridized carbons (Fsp3) is 0.857. The molecule has 4 aliphatic rings. The van der Waals surface area contributed by atoms with E-state index >= 15 is 0 Å². The van der Waals surface area contributed by atoms with E-state index in [0.717, 1.165) is 0 Å². The number of methoxy groups -OCH3 is 2. The number of carbonyl (C=O) groups excluding carboxylic acids is 2. The fourth-order valence-electron chi connectivity index (χ4n) is 5.40. The molecule has 0 aromatic heterocycles. The van der Waals surface area contributed by atoms with Gasteiger partial charge in [0.25, 0.3) is 0 Å². The van der Waals surface area contributed by atoms with E-state index in [4.69, 9.17) is 9.47 Å². The highest BCUT2D eigenvalue weighted by molar-refractivity contribution is 5.83. The van der Waals surface area contributed by atoms with Crippen molar-refractivity contribution < 1.29 is 29.3 Å². The molecule has 6 nitrogen and oxygen atoms in total. The van der Waals surface area contributed by atoms with Crippen LogP contribution in [0.1, 0.15) is 38.5 Å². The maximum atomic E-state index is 12.2. The zero-order valence-electron chi connectivity index (χ0n) is 11.8. The summed E-state index contributed by atoms with van der Waals surface area (Å²) in [5, 5.41) is 21.4. The highest BCUT2D eigenvalue weighted by atomic mass is 16.5. The minimum Gasteiger partial charge on any atom is -0.469 e. The second-order valence-electron chi connectivity index (χ2n) is 7.05. The van der Waals surface area contributed by atoms with Crippen LogP contribution in [0.25, 0.3) is 0 Å². The normalized spacial score (nSPS) is 49.0. The van der Waals surface area contributed by atoms with E-state index in [1.54, 1.807) is 0 Å². The molecule has 0 aliphatic heterocycles. The van der Waals surface area contributed by atoms with Gasteiger partial charge in [0.05, 0.1) is 36.3 Å². The molecule has 4 fully saturated rings. The van der Waals surface area contributed by atoms with Crippen LogP contribution in [0.4, 0.5) is 0 Å². The number of hydrogen-bond donors (Lipinski definition) is 2. The first-order valence-electron chi connectivity index (χ1n) is 6.82. The topological polar surface area (TPSA) is 93.1 Å². The van der Waals surface area contributed by atoms with Gasteiger partial charge in [0.15, 0.2) is 0 Å². The molecule has 0 amide bonds. The van der Waals surface area contributed by atoms with Gasteiger partial charge in [-0.1, -0.05) is 0 Å². The molecule has 4 rings (SSSR count). The predicted molar refractivity (Wildman–Crippen MR) is 66.5 cm³/mol. The van der Waals surface area contributed by atoms with Gasteiger partial charge in [-0.25, -0.2) is 0 Å². The van der Waals surface area contributed by atoms with Crippen LogP contribution in [0.3, 0.4) is 0 Å². The maximum absolute atomic E-state index is 12.2. The first-order chi connectivity index (χ1) is 9.21. The van der Waals surface area contributed by atoms with E-state index in [0.29, 0.717) is 0 Å². The van der Waals surface area contributed by atoms with E-state index in [9.17, 15) is 19.8 Å². The van der Waals surface area contributed by atoms with Crippen molar-refractivity contribution in [3.8, 4) is 0 Å². The van der Waals surface area contributed by atoms with Crippen LogP contribution in [0, 0.1) is 10.8 Å². The Morgan fingerprint density at radius 1 is 0.750 bits per heavy atom. The molecule has 0 spiro atoms. The first-order valence-corrected chi connectivity index (χ1v) is 6.82. The second kappa shape index (κ2) is 3.74. The minimum absolute atomic E-state index is 0.206. The second-order valence-corrected chi connectivity index (χ2v) is 7.05. The van der Waals surface area contributed by atoms with Crippen molar-refractivity contribution in [3.05, 3.63) is 0 Å². The monoisotopic (exact) mass is 284 g/mol. The lowest BCUT2D eigenvalue weighted by Crippen LogP contribution is -2.70. The number of carbonyl (C=O) groups is 2. The van der Waals surface area contributed by atoms with Gasteiger partial charge < -0.3 is 19.7 Å². The molecule has 0 atom stereocenters. The Morgan fingerprint density at radius 2 is 1.10 bits per heavy atom. The van der Waals surface area contributed by atoms with Gasteiger partial charge in [-0.2, -0.15) is 0 Å². The Morgan fingerprint density at radius 3 is 1.40 bits per heavy atom. The Kier molecular flexibility index (Phi) is 2.58. The lowest BCUT2D eigenvalue weighted by Gasteiger charge is -2.65. The number of hydrogen-bond acceptors (Lipinski definition) is 6. The standard InChI is InChI=1S/C14H20O6/c1-19-9(15)11-3-12(10(16)20-2)6-13(17,4-11)8-14(18,5-11)7-12/h17-18H,3-8H2,1-2H3. The number of ether oxygens (including phenoxy) is 2. The lowest BCUT2D eigenvalue weighted by atomic mass is 9.41. The largest absolute Gasteiger partial charge is 0.469 e. The van der Waals surface area contributed by atoms with Gasteiger partial charge >= 0.3 is 11.9 Å². The van der Waals surface area contributed by atoms with Crippen LogP contribution in [-0.2, 0) is 19.1 Å². The van der Waals surface area contributed by atoms with Crippen LogP contribution < -0.4 is 0 Å². The predicted octanol–water partition coefficient (Wildman–Crippen LogP) is 0.149. The molecule has 4 bridgehead atoms. The van der Waals surface area contributed by atoms with Gasteiger partial charge in [0, 0.05) is 6.42 Å². The molecule has 0 aromatic carbocycles. The first kappa shape index (κ1) is 13.8. The van der Waals surface area contributed by atoms with E-state index in [-0.39, 0.29) is 38.5 Å². The zero-order chi connectivity index (χ0) is 14.8. The van der Waals surface area contributed by atoms with Crippen molar-refractivity contribution in [2.45, 2.75) is 49.7 Å². The molecule has 0 radical (unpaired) electrons. The summed E-state index contributed by atoms with van der Waals surface area (Å²) in [6.45, 7) is 0. The molecule has 6 heteroatoms. The van der Waals surface area contributed by atoms with E-state index < -0.39 is 34.0 Å². The zero-order valence-corrected chi connectivity index (χ0v) is 11.8. The third-order valence-corrected chi connectivity index (χ3v) is 5.24. The summed E-state index contributed by atoms with van der Waals surface area (Å²) in [4.78, 5) is 24.4. The summed E-state index contributed by atoms with van der Waals surface area (Å²) in [7, 11) is 2.58. The van der Waals surface area contributed by atoms with Crippen molar-refractivity contribution in [2.75, 3.05) is 14.2 Å². The van der Waals surface area contributed by atoms with Crippen LogP contribution >= 0.6 is 0 Å². The van der Waals surface area contributed by atoms with Gasteiger partial charge in [0.1, 0.15) is 0 Å². The molecule has 2 N–H and O–H groups in total. The molecule has 20 heavy (non-hydrogen) atoms. The molecular weight excluding hydrogens is 264 g/mol. The Bertz CT molecular complexity index is 428. The van der Waals surface area contributed by atoms with E-state index in [1.165, 1.54) is 14.2 Å². The van der Waals surface area contributed by atoms with Crippen molar-refractivity contribution in [1.29, 1.82) is 0 Å². The van der Waals surface area contributed by atoms with Crippen LogP contribution in [-0.4, -0.2) is 47.6 Å². The van der Waals surface area contributed by atoms with Crippen molar-refractivity contribution in [1.82, 2.24) is 0 Å². The summed E-state index contributed by atoms with van der Waals surface area (Å²) in [6, 6.07) is 0. The van der Waals surface area contributed by atoms with E-state index in [2.05, 4.69) is 0 Å². The van der Waals surface area contributed by atoms with Crippen molar-refractivity contribution in [3.63, 3.8) is 0 Å². The molecule has 112 valence electrons. The highest BCUT2D eigenvalue weighted by Gasteiger charge is 2.72. The van der Waals surface area contributed by atoms with Gasteiger partial charge in [-0.05, 0) is 32.1 Å². The summed E-state index contributed by atoms with van der Waals surface area (Å²) in [5.41, 5.74) is -4.37. The molecule has 0 unspecified atom stereocenters. The fourth-order valence-corrected chi connectivity index (χ4v) is 5.40. The van der Waals surface area contributed by atoms with Gasteiger partial charge in [-0.3, -0.25) is 9.59 Å². The van der Waals surface area contributed by atoms with Gasteiger partial charge in [-0.15, -0.1) is 0 Å². The van der Waals surface area contributed by atoms with Crippen LogP contribution in [0.2, 0.25) is 0 Å². The minimum atomic E-state index is -1.20. The SMILES string of the molecule is COC(=O)C12CC3(O)CC(O)(C1)CC(C(=O)OC)(C3)C2. The number of esters is 2. The third kappa shape index (κ3) is 1.64. The highest BCUT2D eigenvalue weighted by Crippen LogP contribution is 2.68. The average Bonchev–Trinajstić information content (AvgIpc) is 2.32. The number of rotatable bonds is 2. The smallest absolute Gasteiger partial charge is 0.312 e. The van der Waals surface area contributed by atoms with Crippen LogP contribution in [0.5, 0.6) is 0 Å². The van der Waals surface area contributed by atoms with Crippen LogP contribution in [0.15, 0.2) is 0 Å². The van der Waals surface area contributed by atoms with Gasteiger partial charge in [0.2, 0.25) is 0 Å².